The predicted octanol–water partition coefficient (Wildman–Crippen LogP) is 3.00. The number of rotatable bonds is 6. The third-order valence-corrected chi connectivity index (χ3v) is 5.93. The maximum Gasteiger partial charge on any atom is 0.214 e. The topological polar surface area (TPSA) is 65.7 Å². The molecule has 2 N–H and O–H groups in total. The summed E-state index contributed by atoms with van der Waals surface area (Å²) in [6.07, 6.45) is 9.75. The quantitative estimate of drug-likeness (QED) is 0.602. The molecule has 2 fully saturated rings. The summed E-state index contributed by atoms with van der Waals surface area (Å²) in [5.41, 5.74) is 0.953. The predicted molar refractivity (Wildman–Crippen MR) is 105 cm³/mol. The molecule has 1 aliphatic carbocycles. The van der Waals surface area contributed by atoms with Crippen molar-refractivity contribution in [3.05, 3.63) is 17.3 Å². The minimum atomic E-state index is 0.560. The van der Waals surface area contributed by atoms with E-state index in [0.29, 0.717) is 18.5 Å². The van der Waals surface area contributed by atoms with Crippen LogP contribution in [0.25, 0.3) is 0 Å². The molecular formula is C20H35N5O. The number of hydrogen-bond acceptors (Lipinski definition) is 4. The van der Waals surface area contributed by atoms with Crippen LogP contribution >= 0.6 is 0 Å². The van der Waals surface area contributed by atoms with E-state index in [1.807, 2.05) is 20.9 Å². The lowest BCUT2D eigenvalue weighted by molar-refractivity contribution is 0.188. The Morgan fingerprint density at radius 3 is 2.65 bits per heavy atom. The van der Waals surface area contributed by atoms with E-state index >= 15 is 0 Å². The van der Waals surface area contributed by atoms with Gasteiger partial charge >= 0.3 is 0 Å². The molecule has 2 aliphatic rings. The van der Waals surface area contributed by atoms with E-state index in [1.54, 1.807) is 0 Å². The maximum atomic E-state index is 5.62. The van der Waals surface area contributed by atoms with Crippen LogP contribution < -0.4 is 10.6 Å². The average Bonchev–Trinajstić information content (AvgIpc) is 3.22. The van der Waals surface area contributed by atoms with Crippen LogP contribution in [-0.2, 0) is 6.54 Å². The van der Waals surface area contributed by atoms with Crippen molar-refractivity contribution in [1.29, 1.82) is 0 Å². The molecule has 146 valence electrons. The van der Waals surface area contributed by atoms with Crippen molar-refractivity contribution in [3.8, 4) is 0 Å². The summed E-state index contributed by atoms with van der Waals surface area (Å²) in [5, 5.41) is 6.81. The summed E-state index contributed by atoms with van der Waals surface area (Å²) >= 11 is 0. The number of likely N-dealkylation sites (tertiary alicyclic amines) is 1. The molecule has 1 aliphatic heterocycles. The van der Waals surface area contributed by atoms with E-state index in [1.165, 1.54) is 58.0 Å². The second kappa shape index (κ2) is 9.40. The smallest absolute Gasteiger partial charge is 0.214 e. The number of oxazole rings is 1. The lowest BCUT2D eigenvalue weighted by Gasteiger charge is -2.31. The number of aliphatic imine (C=N–C) groups is 1. The highest BCUT2D eigenvalue weighted by molar-refractivity contribution is 5.79. The molecular weight excluding hydrogens is 326 g/mol. The van der Waals surface area contributed by atoms with Crippen LogP contribution in [-0.4, -0.2) is 48.6 Å². The Labute approximate surface area is 157 Å². The molecule has 1 saturated carbocycles. The summed E-state index contributed by atoms with van der Waals surface area (Å²) in [5.74, 6) is 3.33. The number of guanidine groups is 1. The molecule has 0 amide bonds. The number of hydrogen-bond donors (Lipinski definition) is 2. The van der Waals surface area contributed by atoms with Crippen molar-refractivity contribution in [2.75, 3.05) is 26.7 Å². The molecule has 0 aromatic carbocycles. The van der Waals surface area contributed by atoms with Gasteiger partial charge in [-0.3, -0.25) is 9.89 Å². The monoisotopic (exact) mass is 361 g/mol. The number of nitrogens with one attached hydrogen (secondary N) is 2. The van der Waals surface area contributed by atoms with Gasteiger partial charge in [0.25, 0.3) is 0 Å². The minimum Gasteiger partial charge on any atom is -0.444 e. The SMILES string of the molecule is CN=C(NCc1nc(C)c(C)o1)NCC1CCCN1CC1CCCCC1. The highest BCUT2D eigenvalue weighted by Gasteiger charge is 2.27. The summed E-state index contributed by atoms with van der Waals surface area (Å²) in [4.78, 5) is 11.5. The van der Waals surface area contributed by atoms with Gasteiger partial charge in [0.05, 0.1) is 12.2 Å². The van der Waals surface area contributed by atoms with Gasteiger partial charge < -0.3 is 15.1 Å². The fraction of sp³-hybridized carbons (Fsp3) is 0.800. The normalized spacial score (nSPS) is 22.7. The van der Waals surface area contributed by atoms with E-state index in [2.05, 4.69) is 25.5 Å². The molecule has 0 radical (unpaired) electrons. The number of aryl methyl sites for hydroxylation is 2. The second-order valence-corrected chi connectivity index (χ2v) is 7.85. The standard InChI is InChI=1S/C20H35N5O/c1-15-16(2)26-19(24-15)13-23-20(21-3)22-12-18-10-7-11-25(18)14-17-8-5-4-6-9-17/h17-18H,4-14H2,1-3H3,(H2,21,22,23). The van der Waals surface area contributed by atoms with Gasteiger partial charge in [-0.15, -0.1) is 0 Å². The molecule has 26 heavy (non-hydrogen) atoms. The maximum absolute atomic E-state index is 5.62. The first-order chi connectivity index (χ1) is 12.7. The average molecular weight is 362 g/mol. The number of nitrogens with zero attached hydrogens (tertiary/aromatic N) is 3. The fourth-order valence-corrected chi connectivity index (χ4v) is 4.28. The van der Waals surface area contributed by atoms with Crippen LogP contribution in [0.3, 0.4) is 0 Å². The van der Waals surface area contributed by atoms with Crippen molar-refractivity contribution in [2.24, 2.45) is 10.9 Å². The Bertz CT molecular complexity index is 572. The fourth-order valence-electron chi connectivity index (χ4n) is 4.28. The van der Waals surface area contributed by atoms with Crippen molar-refractivity contribution in [1.82, 2.24) is 20.5 Å². The van der Waals surface area contributed by atoms with E-state index in [4.69, 9.17) is 4.42 Å². The lowest BCUT2D eigenvalue weighted by Crippen LogP contribution is -2.45. The third-order valence-electron chi connectivity index (χ3n) is 5.93. The first-order valence-corrected chi connectivity index (χ1v) is 10.3. The Morgan fingerprint density at radius 1 is 1.15 bits per heavy atom. The van der Waals surface area contributed by atoms with Gasteiger partial charge in [0.2, 0.25) is 5.89 Å². The van der Waals surface area contributed by atoms with Crippen LogP contribution in [0.4, 0.5) is 0 Å². The summed E-state index contributed by atoms with van der Waals surface area (Å²) in [6.45, 7) is 7.97. The molecule has 1 unspecified atom stereocenters. The first kappa shape index (κ1) is 19.2. The van der Waals surface area contributed by atoms with Gasteiger partial charge in [-0.05, 0) is 52.0 Å². The van der Waals surface area contributed by atoms with Gasteiger partial charge in [0, 0.05) is 26.2 Å². The van der Waals surface area contributed by atoms with Crippen LogP contribution in [0.2, 0.25) is 0 Å². The minimum absolute atomic E-state index is 0.560. The van der Waals surface area contributed by atoms with Crippen molar-refractivity contribution in [2.45, 2.75) is 71.4 Å². The molecule has 0 spiro atoms. The van der Waals surface area contributed by atoms with E-state index < -0.39 is 0 Å². The van der Waals surface area contributed by atoms with Crippen LogP contribution in [0.5, 0.6) is 0 Å². The van der Waals surface area contributed by atoms with E-state index in [0.717, 1.165) is 29.9 Å². The molecule has 1 saturated heterocycles. The van der Waals surface area contributed by atoms with Crippen LogP contribution in [0, 0.1) is 19.8 Å². The summed E-state index contributed by atoms with van der Waals surface area (Å²) < 4.78 is 5.62. The molecule has 1 atom stereocenters. The molecule has 6 heteroatoms. The lowest BCUT2D eigenvalue weighted by atomic mass is 9.89. The van der Waals surface area contributed by atoms with Crippen LogP contribution in [0.1, 0.15) is 62.3 Å². The van der Waals surface area contributed by atoms with Crippen molar-refractivity contribution < 1.29 is 4.42 Å². The van der Waals surface area contributed by atoms with E-state index in [9.17, 15) is 0 Å². The van der Waals surface area contributed by atoms with Gasteiger partial charge in [0.15, 0.2) is 5.96 Å². The Kier molecular flexibility index (Phi) is 6.94. The zero-order chi connectivity index (χ0) is 18.4. The molecule has 2 heterocycles. The first-order valence-electron chi connectivity index (χ1n) is 10.3. The third kappa shape index (κ3) is 5.22. The van der Waals surface area contributed by atoms with Gasteiger partial charge in [-0.1, -0.05) is 19.3 Å². The zero-order valence-electron chi connectivity index (χ0n) is 16.7. The Hall–Kier alpha value is -1.56. The van der Waals surface area contributed by atoms with Gasteiger partial charge in [-0.2, -0.15) is 0 Å². The van der Waals surface area contributed by atoms with Crippen molar-refractivity contribution >= 4 is 5.96 Å². The van der Waals surface area contributed by atoms with Gasteiger partial charge in [-0.25, -0.2) is 4.98 Å². The molecule has 1 aromatic heterocycles. The molecule has 0 bridgehead atoms. The zero-order valence-corrected chi connectivity index (χ0v) is 16.7. The van der Waals surface area contributed by atoms with Gasteiger partial charge in [0.1, 0.15) is 5.76 Å². The summed E-state index contributed by atoms with van der Waals surface area (Å²) in [6, 6.07) is 0.627. The highest BCUT2D eigenvalue weighted by atomic mass is 16.4. The number of aromatic nitrogens is 1. The summed E-state index contributed by atoms with van der Waals surface area (Å²) in [7, 11) is 1.82. The highest BCUT2D eigenvalue weighted by Crippen LogP contribution is 2.27. The Morgan fingerprint density at radius 2 is 1.96 bits per heavy atom. The Balaban J connectivity index is 1.43. The molecule has 3 rings (SSSR count). The van der Waals surface area contributed by atoms with Crippen molar-refractivity contribution in [3.63, 3.8) is 0 Å². The molecule has 1 aromatic rings. The largest absolute Gasteiger partial charge is 0.444 e. The molecule has 6 nitrogen and oxygen atoms in total. The second-order valence-electron chi connectivity index (χ2n) is 7.85. The van der Waals surface area contributed by atoms with E-state index in [-0.39, 0.29) is 0 Å². The van der Waals surface area contributed by atoms with Crippen LogP contribution in [0.15, 0.2) is 9.41 Å².